The van der Waals surface area contributed by atoms with Crippen LogP contribution < -0.4 is 10.5 Å². The number of nitrogens with two attached hydrogens (primary N) is 1. The molecule has 2 N–H and O–H groups in total. The van der Waals surface area contributed by atoms with E-state index in [1.807, 2.05) is 24.3 Å². The lowest BCUT2D eigenvalue weighted by atomic mass is 9.80. The van der Waals surface area contributed by atoms with E-state index in [-0.39, 0.29) is 5.82 Å². The summed E-state index contributed by atoms with van der Waals surface area (Å²) in [5, 5.41) is 0.519. The van der Waals surface area contributed by atoms with Crippen molar-refractivity contribution in [1.29, 1.82) is 0 Å². The summed E-state index contributed by atoms with van der Waals surface area (Å²) < 4.78 is 19.5. The van der Waals surface area contributed by atoms with Gasteiger partial charge in [0.2, 0.25) is 0 Å². The molecule has 0 aliphatic carbocycles. The zero-order valence-electron chi connectivity index (χ0n) is 10.9. The molecule has 1 aliphatic heterocycles. The highest BCUT2D eigenvalue weighted by atomic mass is 35.5. The molecule has 0 amide bonds. The van der Waals surface area contributed by atoms with Crippen molar-refractivity contribution in [3.8, 4) is 5.75 Å². The first-order valence-corrected chi connectivity index (χ1v) is 6.91. The van der Waals surface area contributed by atoms with Crippen LogP contribution in [-0.2, 0) is 12.0 Å². The molecule has 0 saturated carbocycles. The zero-order valence-corrected chi connectivity index (χ0v) is 11.7. The number of fused-ring (bicyclic) bond motifs is 1. The van der Waals surface area contributed by atoms with Gasteiger partial charge in [0.25, 0.3) is 0 Å². The largest absolute Gasteiger partial charge is 0.493 e. The van der Waals surface area contributed by atoms with Gasteiger partial charge in [0, 0.05) is 17.0 Å². The fourth-order valence-electron chi connectivity index (χ4n) is 2.68. The lowest BCUT2D eigenvalue weighted by Gasteiger charge is -2.35. The number of ether oxygens (including phenoxy) is 1. The minimum absolute atomic E-state index is 0.275. The molecule has 1 unspecified atom stereocenters. The van der Waals surface area contributed by atoms with Crippen molar-refractivity contribution in [2.24, 2.45) is 5.73 Å². The van der Waals surface area contributed by atoms with Crippen molar-refractivity contribution in [3.05, 3.63) is 64.4 Å². The summed E-state index contributed by atoms with van der Waals surface area (Å²) in [5.74, 6) is 0.506. The molecule has 0 fully saturated rings. The maximum atomic E-state index is 13.9. The van der Waals surface area contributed by atoms with Gasteiger partial charge in [-0.1, -0.05) is 29.8 Å². The van der Waals surface area contributed by atoms with Crippen molar-refractivity contribution in [2.75, 3.05) is 6.61 Å². The Hall–Kier alpha value is -1.58. The summed E-state index contributed by atoms with van der Waals surface area (Å²) in [6, 6.07) is 12.2. The number of rotatable bonds is 2. The van der Waals surface area contributed by atoms with Crippen LogP contribution in [0.5, 0.6) is 5.75 Å². The van der Waals surface area contributed by atoms with Gasteiger partial charge in [0.05, 0.1) is 12.1 Å². The molecule has 4 heteroatoms. The van der Waals surface area contributed by atoms with E-state index in [1.54, 1.807) is 12.1 Å². The molecule has 2 nitrogen and oxygen atoms in total. The summed E-state index contributed by atoms with van der Waals surface area (Å²) >= 11 is 5.95. The third kappa shape index (κ3) is 2.39. The highest BCUT2D eigenvalue weighted by Crippen LogP contribution is 2.37. The maximum absolute atomic E-state index is 13.9. The minimum atomic E-state index is -0.625. The van der Waals surface area contributed by atoms with E-state index in [4.69, 9.17) is 22.1 Å². The molecular formula is C16H15ClFNO. The average molecular weight is 292 g/mol. The molecule has 0 bridgehead atoms. The van der Waals surface area contributed by atoms with Gasteiger partial charge >= 0.3 is 0 Å². The predicted molar refractivity (Wildman–Crippen MR) is 77.5 cm³/mol. The van der Waals surface area contributed by atoms with E-state index in [2.05, 4.69) is 0 Å². The van der Waals surface area contributed by atoms with Gasteiger partial charge in [-0.3, -0.25) is 0 Å². The Balaban J connectivity index is 2.00. The first-order chi connectivity index (χ1) is 9.58. The molecule has 1 heterocycles. The smallest absolute Gasteiger partial charge is 0.126 e. The van der Waals surface area contributed by atoms with Gasteiger partial charge in [-0.2, -0.15) is 0 Å². The summed E-state index contributed by atoms with van der Waals surface area (Å²) in [4.78, 5) is 0. The van der Waals surface area contributed by atoms with Crippen LogP contribution in [0, 0.1) is 5.82 Å². The summed E-state index contributed by atoms with van der Waals surface area (Å²) in [6.07, 6.45) is 1.05. The van der Waals surface area contributed by atoms with Gasteiger partial charge in [0.15, 0.2) is 0 Å². The van der Waals surface area contributed by atoms with Gasteiger partial charge < -0.3 is 10.5 Å². The topological polar surface area (TPSA) is 35.2 Å². The molecule has 0 radical (unpaired) electrons. The second kappa shape index (κ2) is 5.08. The first-order valence-electron chi connectivity index (χ1n) is 6.54. The van der Waals surface area contributed by atoms with Crippen molar-refractivity contribution < 1.29 is 9.13 Å². The Labute approximate surface area is 122 Å². The number of halogens is 2. The molecular weight excluding hydrogens is 277 g/mol. The van der Waals surface area contributed by atoms with Gasteiger partial charge in [-0.15, -0.1) is 0 Å². The monoisotopic (exact) mass is 291 g/mol. The lowest BCUT2D eigenvalue weighted by Crippen LogP contribution is -2.43. The van der Waals surface area contributed by atoms with E-state index < -0.39 is 5.54 Å². The van der Waals surface area contributed by atoms with E-state index in [9.17, 15) is 4.39 Å². The van der Waals surface area contributed by atoms with Crippen LogP contribution in [0.15, 0.2) is 42.5 Å². The Morgan fingerprint density at radius 1 is 1.25 bits per heavy atom. The van der Waals surface area contributed by atoms with E-state index in [0.29, 0.717) is 30.0 Å². The minimum Gasteiger partial charge on any atom is -0.493 e. The quantitative estimate of drug-likeness (QED) is 0.916. The maximum Gasteiger partial charge on any atom is 0.126 e. The highest BCUT2D eigenvalue weighted by Gasteiger charge is 2.34. The first kappa shape index (κ1) is 13.4. The fourth-order valence-corrected chi connectivity index (χ4v) is 2.88. The lowest BCUT2D eigenvalue weighted by molar-refractivity contribution is 0.214. The number of hydrogen-bond acceptors (Lipinski definition) is 2. The Morgan fingerprint density at radius 3 is 2.90 bits per heavy atom. The van der Waals surface area contributed by atoms with Crippen molar-refractivity contribution in [1.82, 2.24) is 0 Å². The molecule has 104 valence electrons. The van der Waals surface area contributed by atoms with Crippen LogP contribution >= 0.6 is 11.6 Å². The van der Waals surface area contributed by atoms with Crippen molar-refractivity contribution in [3.63, 3.8) is 0 Å². The summed E-state index contributed by atoms with van der Waals surface area (Å²) in [6.45, 7) is 0.537. The Kier molecular flexibility index (Phi) is 3.40. The van der Waals surface area contributed by atoms with E-state index in [0.717, 1.165) is 11.3 Å². The molecule has 0 aromatic heterocycles. The molecule has 0 spiro atoms. The van der Waals surface area contributed by atoms with Crippen molar-refractivity contribution >= 4 is 11.6 Å². The molecule has 1 atom stereocenters. The fraction of sp³-hybridized carbons (Fsp3) is 0.250. The summed E-state index contributed by atoms with van der Waals surface area (Å²) in [7, 11) is 0. The normalized spacial score (nSPS) is 21.1. The third-order valence-electron chi connectivity index (χ3n) is 3.74. The molecule has 20 heavy (non-hydrogen) atoms. The predicted octanol–water partition coefficient (Wildman–Crippen LogP) is 3.66. The third-order valence-corrected chi connectivity index (χ3v) is 3.98. The average Bonchev–Trinajstić information content (AvgIpc) is 2.43. The highest BCUT2D eigenvalue weighted by molar-refractivity contribution is 6.30. The molecule has 2 aromatic carbocycles. The van der Waals surface area contributed by atoms with Crippen LogP contribution in [0.3, 0.4) is 0 Å². The molecule has 0 saturated heterocycles. The van der Waals surface area contributed by atoms with Crippen LogP contribution in [-0.4, -0.2) is 6.61 Å². The van der Waals surface area contributed by atoms with Crippen LogP contribution in [0.2, 0.25) is 5.02 Å². The molecule has 1 aliphatic rings. The second-order valence-electron chi connectivity index (χ2n) is 5.16. The number of benzene rings is 2. The Morgan fingerprint density at radius 2 is 2.05 bits per heavy atom. The molecule has 3 rings (SSSR count). The van der Waals surface area contributed by atoms with Crippen LogP contribution in [0.25, 0.3) is 0 Å². The number of para-hydroxylation sites is 1. The van der Waals surface area contributed by atoms with Gasteiger partial charge in [-0.25, -0.2) is 4.39 Å². The molecule has 2 aromatic rings. The van der Waals surface area contributed by atoms with Gasteiger partial charge in [-0.05, 0) is 36.2 Å². The zero-order chi connectivity index (χ0) is 14.2. The van der Waals surface area contributed by atoms with E-state index in [1.165, 1.54) is 6.07 Å². The van der Waals surface area contributed by atoms with Crippen LogP contribution in [0.4, 0.5) is 4.39 Å². The number of hydrogen-bond donors (Lipinski definition) is 1. The summed E-state index contributed by atoms with van der Waals surface area (Å²) in [5.41, 5.74) is 7.37. The Bertz CT molecular complexity index is 646. The van der Waals surface area contributed by atoms with Gasteiger partial charge in [0.1, 0.15) is 11.6 Å². The SMILES string of the molecule is NC1(Cc2cc(Cl)ccc2F)CCOc2ccccc21. The standard InChI is InChI=1S/C16H15ClFNO/c17-12-5-6-14(18)11(9-12)10-16(19)7-8-20-15-4-2-1-3-13(15)16/h1-6,9H,7-8,10,19H2. The van der Waals surface area contributed by atoms with Crippen molar-refractivity contribution in [2.45, 2.75) is 18.4 Å². The van der Waals surface area contributed by atoms with E-state index >= 15 is 0 Å². The second-order valence-corrected chi connectivity index (χ2v) is 5.60. The van der Waals surface area contributed by atoms with Crippen LogP contribution in [0.1, 0.15) is 17.5 Å².